The van der Waals surface area contributed by atoms with Crippen LogP contribution in [0.25, 0.3) is 0 Å². The highest BCUT2D eigenvalue weighted by molar-refractivity contribution is 7.92. The van der Waals surface area contributed by atoms with Crippen LogP contribution in [-0.4, -0.2) is 58.2 Å². The lowest BCUT2D eigenvalue weighted by molar-refractivity contribution is -0.129. The molecular formula is C19H21Cl2N3O3S. The van der Waals surface area contributed by atoms with Gasteiger partial charge in [-0.1, -0.05) is 41.4 Å². The highest BCUT2D eigenvalue weighted by atomic mass is 35.5. The normalized spacial score (nSPS) is 14.8. The van der Waals surface area contributed by atoms with Crippen LogP contribution in [0.1, 0.15) is 0 Å². The first kappa shape index (κ1) is 20.8. The molecule has 1 aliphatic heterocycles. The predicted molar refractivity (Wildman–Crippen MR) is 114 cm³/mol. The summed E-state index contributed by atoms with van der Waals surface area (Å²) in [7, 11) is -3.66. The number of amides is 1. The van der Waals surface area contributed by atoms with Crippen LogP contribution in [0.4, 0.5) is 11.4 Å². The van der Waals surface area contributed by atoms with Gasteiger partial charge in [0.25, 0.3) is 0 Å². The van der Waals surface area contributed by atoms with Gasteiger partial charge < -0.3 is 9.80 Å². The monoisotopic (exact) mass is 441 g/mol. The lowest BCUT2D eigenvalue weighted by atomic mass is 10.2. The number of hydrogen-bond donors (Lipinski definition) is 0. The van der Waals surface area contributed by atoms with Crippen molar-refractivity contribution in [2.45, 2.75) is 0 Å². The van der Waals surface area contributed by atoms with Crippen molar-refractivity contribution in [2.75, 3.05) is 48.2 Å². The van der Waals surface area contributed by atoms with Crippen LogP contribution >= 0.6 is 23.2 Å². The first-order chi connectivity index (χ1) is 13.3. The van der Waals surface area contributed by atoms with Crippen molar-refractivity contribution in [1.29, 1.82) is 0 Å². The Morgan fingerprint density at radius 2 is 1.71 bits per heavy atom. The van der Waals surface area contributed by atoms with E-state index in [4.69, 9.17) is 23.2 Å². The highest BCUT2D eigenvalue weighted by Gasteiger charge is 2.27. The zero-order valence-corrected chi connectivity index (χ0v) is 17.7. The van der Waals surface area contributed by atoms with E-state index in [9.17, 15) is 13.2 Å². The summed E-state index contributed by atoms with van der Waals surface area (Å²) in [6, 6.07) is 14.2. The molecule has 150 valence electrons. The number of benzene rings is 2. The second-order valence-corrected chi connectivity index (χ2v) is 9.32. The summed E-state index contributed by atoms with van der Waals surface area (Å²) in [6.45, 7) is 2.03. The summed E-state index contributed by atoms with van der Waals surface area (Å²) in [6.07, 6.45) is 1.07. The number of sulfonamides is 1. The Kier molecular flexibility index (Phi) is 6.37. The van der Waals surface area contributed by atoms with Crippen molar-refractivity contribution in [1.82, 2.24) is 4.90 Å². The van der Waals surface area contributed by atoms with Gasteiger partial charge in [0.15, 0.2) is 0 Å². The fourth-order valence-corrected chi connectivity index (χ4v) is 4.48. The molecule has 0 N–H and O–H groups in total. The van der Waals surface area contributed by atoms with Crippen molar-refractivity contribution in [3.63, 3.8) is 0 Å². The zero-order valence-electron chi connectivity index (χ0n) is 15.4. The van der Waals surface area contributed by atoms with E-state index in [2.05, 4.69) is 4.90 Å². The predicted octanol–water partition coefficient (Wildman–Crippen LogP) is 3.11. The lowest BCUT2D eigenvalue weighted by Gasteiger charge is -2.37. The maximum atomic E-state index is 12.8. The number of para-hydroxylation sites is 1. The molecule has 0 saturated carbocycles. The number of nitrogens with zero attached hydrogens (tertiary/aromatic N) is 3. The molecule has 1 fully saturated rings. The molecular weight excluding hydrogens is 421 g/mol. The van der Waals surface area contributed by atoms with Crippen LogP contribution in [0.2, 0.25) is 10.0 Å². The van der Waals surface area contributed by atoms with Gasteiger partial charge in [0.05, 0.1) is 17.0 Å². The van der Waals surface area contributed by atoms with Crippen LogP contribution in [-0.2, 0) is 14.8 Å². The molecule has 28 heavy (non-hydrogen) atoms. The van der Waals surface area contributed by atoms with E-state index in [1.54, 1.807) is 29.2 Å². The van der Waals surface area contributed by atoms with Gasteiger partial charge in [-0.05, 0) is 30.3 Å². The Morgan fingerprint density at radius 1 is 1.04 bits per heavy atom. The third kappa shape index (κ3) is 4.90. The minimum Gasteiger partial charge on any atom is -0.368 e. The molecule has 0 radical (unpaired) electrons. The largest absolute Gasteiger partial charge is 0.368 e. The quantitative estimate of drug-likeness (QED) is 0.714. The summed E-state index contributed by atoms with van der Waals surface area (Å²) in [5.74, 6) is -0.254. The Balaban J connectivity index is 1.68. The maximum absolute atomic E-state index is 12.8. The topological polar surface area (TPSA) is 60.9 Å². The Hall–Kier alpha value is -1.96. The number of carbonyl (C=O) groups excluding carboxylic acids is 1. The number of halogens is 2. The average molecular weight is 442 g/mol. The minimum absolute atomic E-state index is 0.254. The van der Waals surface area contributed by atoms with E-state index < -0.39 is 10.0 Å². The number of carbonyl (C=O) groups is 1. The van der Waals surface area contributed by atoms with Crippen LogP contribution in [0, 0.1) is 0 Å². The molecule has 9 heteroatoms. The van der Waals surface area contributed by atoms with E-state index >= 15 is 0 Å². The van der Waals surface area contributed by atoms with Gasteiger partial charge >= 0.3 is 0 Å². The summed E-state index contributed by atoms with van der Waals surface area (Å²) in [5, 5.41) is 0.950. The standard InChI is InChI=1S/C19H21Cl2N3O3S/c1-28(26,27)24(18-8-3-2-7-17(18)21)14-19(25)23-11-9-22(10-12-23)16-6-4-5-15(20)13-16/h2-8,13H,9-12,14H2,1H3. The van der Waals surface area contributed by atoms with Crippen molar-refractivity contribution in [2.24, 2.45) is 0 Å². The molecule has 2 aromatic rings. The molecule has 6 nitrogen and oxygen atoms in total. The third-order valence-corrected chi connectivity index (χ3v) is 6.29. The molecule has 0 aromatic heterocycles. The smallest absolute Gasteiger partial charge is 0.243 e. The van der Waals surface area contributed by atoms with Crippen molar-refractivity contribution in [3.05, 3.63) is 58.6 Å². The third-order valence-electron chi connectivity index (χ3n) is 4.61. The molecule has 1 aliphatic rings. The summed E-state index contributed by atoms with van der Waals surface area (Å²) < 4.78 is 25.6. The van der Waals surface area contributed by atoms with E-state index in [-0.39, 0.29) is 17.5 Å². The summed E-state index contributed by atoms with van der Waals surface area (Å²) in [5.41, 5.74) is 1.31. The molecule has 2 aromatic carbocycles. The van der Waals surface area contributed by atoms with E-state index in [0.717, 1.165) is 16.2 Å². The molecule has 0 unspecified atom stereocenters. The first-order valence-electron chi connectivity index (χ1n) is 8.76. The number of hydrogen-bond acceptors (Lipinski definition) is 4. The molecule has 3 rings (SSSR count). The van der Waals surface area contributed by atoms with Gasteiger partial charge in [0.1, 0.15) is 6.54 Å². The second-order valence-electron chi connectivity index (χ2n) is 6.57. The van der Waals surface area contributed by atoms with Crippen LogP contribution in [0.5, 0.6) is 0 Å². The van der Waals surface area contributed by atoms with Gasteiger partial charge in [0, 0.05) is 36.9 Å². The van der Waals surface area contributed by atoms with Gasteiger partial charge in [0.2, 0.25) is 15.9 Å². The zero-order chi connectivity index (χ0) is 20.3. The highest BCUT2D eigenvalue weighted by Crippen LogP contribution is 2.27. The summed E-state index contributed by atoms with van der Waals surface area (Å²) in [4.78, 5) is 16.6. The van der Waals surface area contributed by atoms with Gasteiger partial charge in [-0.2, -0.15) is 0 Å². The van der Waals surface area contributed by atoms with Crippen LogP contribution in [0.3, 0.4) is 0 Å². The SMILES string of the molecule is CS(=O)(=O)N(CC(=O)N1CCN(c2cccc(Cl)c2)CC1)c1ccccc1Cl. The van der Waals surface area contributed by atoms with Crippen LogP contribution < -0.4 is 9.21 Å². The Morgan fingerprint density at radius 3 is 2.32 bits per heavy atom. The van der Waals surface area contributed by atoms with Gasteiger partial charge in [-0.15, -0.1) is 0 Å². The first-order valence-corrected chi connectivity index (χ1v) is 11.4. The molecule has 0 atom stereocenters. The van der Waals surface area contributed by atoms with Crippen molar-refractivity contribution < 1.29 is 13.2 Å². The molecule has 0 spiro atoms. The van der Waals surface area contributed by atoms with Gasteiger partial charge in [-0.3, -0.25) is 9.10 Å². The minimum atomic E-state index is -3.66. The Bertz CT molecular complexity index is 960. The van der Waals surface area contributed by atoms with Crippen molar-refractivity contribution >= 4 is 50.5 Å². The van der Waals surface area contributed by atoms with E-state index in [0.29, 0.717) is 36.9 Å². The fourth-order valence-electron chi connectivity index (χ4n) is 3.14. The fraction of sp³-hybridized carbons (Fsp3) is 0.316. The average Bonchev–Trinajstić information content (AvgIpc) is 2.66. The second kappa shape index (κ2) is 8.59. The van der Waals surface area contributed by atoms with Crippen molar-refractivity contribution in [3.8, 4) is 0 Å². The van der Waals surface area contributed by atoms with E-state index in [1.165, 1.54) is 0 Å². The molecule has 0 bridgehead atoms. The number of rotatable bonds is 5. The number of piperazine rings is 1. The maximum Gasteiger partial charge on any atom is 0.243 e. The summed E-state index contributed by atoms with van der Waals surface area (Å²) >= 11 is 12.2. The molecule has 1 saturated heterocycles. The Labute approximate surface area is 175 Å². The van der Waals surface area contributed by atoms with E-state index in [1.807, 2.05) is 24.3 Å². The van der Waals surface area contributed by atoms with Crippen LogP contribution in [0.15, 0.2) is 48.5 Å². The molecule has 0 aliphatic carbocycles. The molecule has 1 amide bonds. The lowest BCUT2D eigenvalue weighted by Crippen LogP contribution is -2.52. The number of anilines is 2. The van der Waals surface area contributed by atoms with Gasteiger partial charge in [-0.25, -0.2) is 8.42 Å². The molecule has 1 heterocycles.